The molecule has 0 atom stereocenters. The zero-order valence-corrected chi connectivity index (χ0v) is 21.5. The highest BCUT2D eigenvalue weighted by Gasteiger charge is 2.26. The van der Waals surface area contributed by atoms with Gasteiger partial charge in [-0.15, -0.1) is 0 Å². The Labute approximate surface area is 201 Å². The third kappa shape index (κ3) is 3.49. The smallest absolute Gasteiger partial charge is 0.226 e. The zero-order valence-electron chi connectivity index (χ0n) is 21.5. The van der Waals surface area contributed by atoms with E-state index in [1.165, 1.54) is 11.1 Å². The molecule has 0 bridgehead atoms. The van der Waals surface area contributed by atoms with Gasteiger partial charge in [-0.3, -0.25) is 0 Å². The van der Waals surface area contributed by atoms with Crippen LogP contribution in [0.1, 0.15) is 62.3 Å². The van der Waals surface area contributed by atoms with Gasteiger partial charge in [0.05, 0.1) is 12.1 Å². The molecule has 0 aliphatic carbocycles. The fraction of sp³-hybridized carbons (Fsp3) is 0.357. The fourth-order valence-electron chi connectivity index (χ4n) is 4.84. The standard InChI is InChI=1S/C28H34N6/c1-17(2)31-15-33(27-23(31)11-9-21(7)29-27)25-14-26(20(6)13-19(25)5)34-16-32(18(3)4)24-12-10-22(8)30-28(24)34/h9-18H,1-8H3/q+2. The molecule has 0 unspecified atom stereocenters. The average Bonchev–Trinajstić information content (AvgIpc) is 3.32. The number of fused-ring (bicyclic) bond motifs is 2. The van der Waals surface area contributed by atoms with Crippen LogP contribution in [0.3, 0.4) is 0 Å². The zero-order chi connectivity index (χ0) is 24.3. The highest BCUT2D eigenvalue weighted by Crippen LogP contribution is 2.27. The van der Waals surface area contributed by atoms with Crippen LogP contribution in [0.5, 0.6) is 0 Å². The molecule has 34 heavy (non-hydrogen) atoms. The lowest BCUT2D eigenvalue weighted by atomic mass is 10.1. The molecule has 0 saturated heterocycles. The second-order valence-corrected chi connectivity index (χ2v) is 9.99. The Morgan fingerprint density at radius 2 is 1.03 bits per heavy atom. The van der Waals surface area contributed by atoms with Crippen LogP contribution in [0.4, 0.5) is 0 Å². The van der Waals surface area contributed by atoms with E-state index in [0.29, 0.717) is 12.1 Å². The van der Waals surface area contributed by atoms with E-state index in [0.717, 1.165) is 45.1 Å². The minimum Gasteiger partial charge on any atom is -0.226 e. The van der Waals surface area contributed by atoms with Crippen LogP contribution in [-0.2, 0) is 0 Å². The number of aromatic nitrogens is 6. The van der Waals surface area contributed by atoms with Gasteiger partial charge in [0, 0.05) is 17.5 Å². The number of imidazole rings is 2. The Bertz CT molecular complexity index is 1440. The van der Waals surface area contributed by atoms with Crippen LogP contribution in [0.15, 0.2) is 49.1 Å². The van der Waals surface area contributed by atoms with Gasteiger partial charge in [-0.05, 0) is 96.8 Å². The minimum absolute atomic E-state index is 0.337. The van der Waals surface area contributed by atoms with Crippen LogP contribution in [0.25, 0.3) is 33.7 Å². The highest BCUT2D eigenvalue weighted by molar-refractivity contribution is 5.73. The summed E-state index contributed by atoms with van der Waals surface area (Å²) in [5.74, 6) is 0. The van der Waals surface area contributed by atoms with E-state index in [9.17, 15) is 0 Å². The van der Waals surface area contributed by atoms with Crippen LogP contribution < -0.4 is 9.13 Å². The van der Waals surface area contributed by atoms with Gasteiger partial charge in [0.2, 0.25) is 0 Å². The molecule has 6 nitrogen and oxygen atoms in total. The molecule has 5 rings (SSSR count). The van der Waals surface area contributed by atoms with E-state index in [1.807, 2.05) is 0 Å². The molecule has 0 amide bonds. The summed E-state index contributed by atoms with van der Waals surface area (Å²) in [6.07, 6.45) is 4.38. The summed E-state index contributed by atoms with van der Waals surface area (Å²) in [6.45, 7) is 17.3. The van der Waals surface area contributed by atoms with Gasteiger partial charge in [0.15, 0.2) is 11.0 Å². The van der Waals surface area contributed by atoms with Gasteiger partial charge >= 0.3 is 0 Å². The first-order valence-corrected chi connectivity index (χ1v) is 12.1. The van der Waals surface area contributed by atoms with Crippen molar-refractivity contribution in [3.8, 4) is 11.4 Å². The number of hydrogen-bond acceptors (Lipinski definition) is 2. The maximum absolute atomic E-state index is 4.93. The molecule has 6 heteroatoms. The van der Waals surface area contributed by atoms with Crippen LogP contribution in [-0.4, -0.2) is 19.1 Å². The van der Waals surface area contributed by atoms with Gasteiger partial charge in [-0.25, -0.2) is 19.1 Å². The fourth-order valence-corrected chi connectivity index (χ4v) is 4.84. The molecule has 1 aromatic carbocycles. The quantitative estimate of drug-likeness (QED) is 0.344. The van der Waals surface area contributed by atoms with E-state index >= 15 is 0 Å². The van der Waals surface area contributed by atoms with Crippen molar-refractivity contribution < 1.29 is 9.13 Å². The Hall–Kier alpha value is -3.54. The summed E-state index contributed by atoms with van der Waals surface area (Å²) in [6, 6.07) is 13.8. The molecule has 0 aliphatic rings. The molecule has 0 N–H and O–H groups in total. The Balaban J connectivity index is 1.81. The average molecular weight is 455 g/mol. The molecule has 0 saturated carbocycles. The van der Waals surface area contributed by atoms with Gasteiger partial charge in [-0.1, -0.05) is 0 Å². The number of benzene rings is 1. The predicted octanol–water partition coefficient (Wildman–Crippen LogP) is 5.33. The van der Waals surface area contributed by atoms with Crippen molar-refractivity contribution >= 4 is 22.3 Å². The van der Waals surface area contributed by atoms with Crippen molar-refractivity contribution in [2.24, 2.45) is 0 Å². The largest absolute Gasteiger partial charge is 0.273 e. The normalized spacial score (nSPS) is 12.1. The number of pyridine rings is 2. The molecule has 0 spiro atoms. The van der Waals surface area contributed by atoms with Crippen LogP contribution in [0, 0.1) is 27.7 Å². The van der Waals surface area contributed by atoms with Gasteiger partial charge in [0.1, 0.15) is 11.4 Å². The van der Waals surface area contributed by atoms with E-state index in [1.54, 1.807) is 0 Å². The monoisotopic (exact) mass is 454 g/mol. The van der Waals surface area contributed by atoms with Crippen molar-refractivity contribution in [2.75, 3.05) is 0 Å². The second kappa shape index (κ2) is 8.05. The third-order valence-electron chi connectivity index (χ3n) is 6.63. The first kappa shape index (κ1) is 22.3. The summed E-state index contributed by atoms with van der Waals surface area (Å²) in [5.41, 5.74) is 11.0. The Morgan fingerprint density at radius 3 is 1.41 bits per heavy atom. The molecule has 0 aliphatic heterocycles. The number of nitrogens with zero attached hydrogens (tertiary/aromatic N) is 6. The SMILES string of the molecule is Cc1ccc2c(n1)n(-c1cc(-n3c[n+](C(C)C)c4ccc(C)nc43)c(C)cc1C)c[n+]2C(C)C. The Kier molecular flexibility index (Phi) is 5.27. The van der Waals surface area contributed by atoms with Crippen molar-refractivity contribution in [3.63, 3.8) is 0 Å². The van der Waals surface area contributed by atoms with E-state index in [-0.39, 0.29) is 0 Å². The molecule has 4 heterocycles. The first-order valence-electron chi connectivity index (χ1n) is 12.1. The van der Waals surface area contributed by atoms with Crippen molar-refractivity contribution in [2.45, 2.75) is 67.5 Å². The molecule has 5 aromatic rings. The third-order valence-corrected chi connectivity index (χ3v) is 6.63. The lowest BCUT2D eigenvalue weighted by Crippen LogP contribution is -2.34. The summed E-state index contributed by atoms with van der Waals surface area (Å²) < 4.78 is 9.07. The summed E-state index contributed by atoms with van der Waals surface area (Å²) in [7, 11) is 0. The lowest BCUT2D eigenvalue weighted by molar-refractivity contribution is -0.692. The van der Waals surface area contributed by atoms with Gasteiger partial charge in [0.25, 0.3) is 23.9 Å². The van der Waals surface area contributed by atoms with E-state index in [4.69, 9.17) is 9.97 Å². The molecule has 0 radical (unpaired) electrons. The summed E-state index contributed by atoms with van der Waals surface area (Å²) in [5, 5.41) is 0. The first-order chi connectivity index (χ1) is 16.2. The van der Waals surface area contributed by atoms with Crippen molar-refractivity contribution in [1.82, 2.24) is 19.1 Å². The molecular weight excluding hydrogens is 420 g/mol. The number of hydrogen-bond donors (Lipinski definition) is 0. The summed E-state index contributed by atoms with van der Waals surface area (Å²) in [4.78, 5) is 9.86. The maximum atomic E-state index is 4.93. The topological polar surface area (TPSA) is 43.4 Å². The predicted molar refractivity (Wildman–Crippen MR) is 136 cm³/mol. The van der Waals surface area contributed by atoms with Gasteiger partial charge < -0.3 is 0 Å². The van der Waals surface area contributed by atoms with E-state index < -0.39 is 0 Å². The Morgan fingerprint density at radius 1 is 0.618 bits per heavy atom. The number of rotatable bonds is 4. The highest BCUT2D eigenvalue weighted by atomic mass is 15.2. The minimum atomic E-state index is 0.337. The van der Waals surface area contributed by atoms with E-state index in [2.05, 4.69) is 123 Å². The molecule has 174 valence electrons. The summed E-state index contributed by atoms with van der Waals surface area (Å²) >= 11 is 0. The maximum Gasteiger partial charge on any atom is 0.273 e. The molecule has 4 aromatic heterocycles. The molecule has 0 fully saturated rings. The van der Waals surface area contributed by atoms with Gasteiger partial charge in [-0.2, -0.15) is 9.13 Å². The molecular formula is C28H34N6+2. The van der Waals surface area contributed by atoms with Crippen LogP contribution >= 0.6 is 0 Å². The number of aryl methyl sites for hydroxylation is 4. The van der Waals surface area contributed by atoms with Crippen LogP contribution in [0.2, 0.25) is 0 Å². The van der Waals surface area contributed by atoms with Crippen molar-refractivity contribution in [3.05, 3.63) is 71.6 Å². The lowest BCUT2D eigenvalue weighted by Gasteiger charge is -2.08. The van der Waals surface area contributed by atoms with Crippen molar-refractivity contribution in [1.29, 1.82) is 0 Å². The second-order valence-electron chi connectivity index (χ2n) is 9.99.